The van der Waals surface area contributed by atoms with Gasteiger partial charge in [0, 0.05) is 31.8 Å². The van der Waals surface area contributed by atoms with Gasteiger partial charge in [-0.1, -0.05) is 42.5 Å². The molecule has 1 atom stereocenters. The molecule has 2 N–H and O–H groups in total. The van der Waals surface area contributed by atoms with E-state index in [-0.39, 0.29) is 47.6 Å². The normalized spacial score (nSPS) is 19.9. The number of sulfone groups is 1. The molecule has 3 aliphatic rings. The van der Waals surface area contributed by atoms with Crippen LogP contribution in [0.3, 0.4) is 0 Å². The van der Waals surface area contributed by atoms with Crippen LogP contribution in [0.1, 0.15) is 49.3 Å². The number of halogens is 1. The number of rotatable bonds is 9. The fraction of sp³-hybridized carbons (Fsp3) is 0.464. The first-order valence-corrected chi connectivity index (χ1v) is 15.0. The maximum Gasteiger partial charge on any atom is 0.325 e. The minimum atomic E-state index is -3.31. The molecule has 0 aromatic heterocycles. The molecule has 5 rings (SSSR count). The van der Waals surface area contributed by atoms with Crippen LogP contribution in [0.25, 0.3) is 0 Å². The van der Waals surface area contributed by atoms with E-state index in [2.05, 4.69) is 15.5 Å². The highest BCUT2D eigenvalue weighted by atomic mass is 35.5. The van der Waals surface area contributed by atoms with Crippen LogP contribution < -0.4 is 10.6 Å². The molecule has 4 amide bonds. The number of carbonyl (C=O) groups is 3. The Hall–Kier alpha value is -2.95. The quantitative estimate of drug-likeness (QED) is 0.445. The lowest BCUT2D eigenvalue weighted by atomic mass is 9.87. The van der Waals surface area contributed by atoms with E-state index in [4.69, 9.17) is 0 Å². The fourth-order valence-corrected chi connectivity index (χ4v) is 5.93. The highest BCUT2D eigenvalue weighted by molar-refractivity contribution is 7.90. The topological polar surface area (TPSA) is 116 Å². The monoisotopic (exact) mass is 574 g/mol. The minimum Gasteiger partial charge on any atom is -0.349 e. The Morgan fingerprint density at radius 2 is 1.69 bits per heavy atom. The second-order valence-corrected chi connectivity index (χ2v) is 12.7. The smallest absolute Gasteiger partial charge is 0.325 e. The van der Waals surface area contributed by atoms with Crippen LogP contribution in [0.15, 0.2) is 59.5 Å². The van der Waals surface area contributed by atoms with Gasteiger partial charge in [-0.25, -0.2) is 13.2 Å². The molecule has 0 radical (unpaired) electrons. The van der Waals surface area contributed by atoms with Crippen molar-refractivity contribution in [1.82, 2.24) is 20.4 Å². The molecular formula is C28H35ClN4O5S. The number of amides is 4. The van der Waals surface area contributed by atoms with Crippen LogP contribution in [0.5, 0.6) is 0 Å². The van der Waals surface area contributed by atoms with Crippen LogP contribution in [0, 0.1) is 5.92 Å². The molecule has 0 unspecified atom stereocenters. The van der Waals surface area contributed by atoms with Crippen LogP contribution in [0.2, 0.25) is 0 Å². The van der Waals surface area contributed by atoms with E-state index in [0.717, 1.165) is 37.6 Å². The number of likely N-dealkylation sites (tertiary alicyclic amines) is 1. The molecule has 11 heteroatoms. The van der Waals surface area contributed by atoms with E-state index in [1.807, 2.05) is 30.3 Å². The van der Waals surface area contributed by atoms with Gasteiger partial charge in [0.05, 0.1) is 17.5 Å². The van der Waals surface area contributed by atoms with Crippen molar-refractivity contribution in [3.8, 4) is 0 Å². The Bertz CT molecular complexity index is 1310. The Kier molecular flexibility index (Phi) is 8.68. The second-order valence-electron chi connectivity index (χ2n) is 10.7. The lowest BCUT2D eigenvalue weighted by Gasteiger charge is -2.37. The van der Waals surface area contributed by atoms with Crippen molar-refractivity contribution in [3.63, 3.8) is 0 Å². The van der Waals surface area contributed by atoms with Gasteiger partial charge in [-0.3, -0.25) is 14.5 Å². The third-order valence-corrected chi connectivity index (χ3v) is 8.98. The summed E-state index contributed by atoms with van der Waals surface area (Å²) in [6.45, 7) is 2.21. The van der Waals surface area contributed by atoms with E-state index >= 15 is 0 Å². The number of hydrogen-bond donors (Lipinski definition) is 2. The Labute approximate surface area is 235 Å². The summed E-state index contributed by atoms with van der Waals surface area (Å²) >= 11 is 0. The Morgan fingerprint density at radius 1 is 1.05 bits per heavy atom. The first kappa shape index (κ1) is 29.0. The van der Waals surface area contributed by atoms with Gasteiger partial charge in [0.15, 0.2) is 9.84 Å². The highest BCUT2D eigenvalue weighted by Gasteiger charge is 2.52. The van der Waals surface area contributed by atoms with Crippen LogP contribution in [-0.2, 0) is 26.0 Å². The molecule has 2 aromatic carbocycles. The maximum absolute atomic E-state index is 13.4. The Balaban J connectivity index is 0.00000353. The summed E-state index contributed by atoms with van der Waals surface area (Å²) < 4.78 is 23.4. The molecule has 210 valence electrons. The zero-order chi connectivity index (χ0) is 26.9. The highest BCUT2D eigenvalue weighted by Crippen LogP contribution is 2.32. The van der Waals surface area contributed by atoms with Crippen molar-refractivity contribution in [2.75, 3.05) is 25.9 Å². The largest absolute Gasteiger partial charge is 0.349 e. The predicted molar refractivity (Wildman–Crippen MR) is 149 cm³/mol. The molecule has 1 spiro atoms. The molecule has 9 nitrogen and oxygen atoms in total. The van der Waals surface area contributed by atoms with E-state index < -0.39 is 21.4 Å². The lowest BCUT2D eigenvalue weighted by molar-refractivity contribution is -0.133. The number of piperidine rings is 1. The number of carbonyl (C=O) groups excluding carboxylic acids is 3. The molecular weight excluding hydrogens is 540 g/mol. The van der Waals surface area contributed by atoms with Crippen molar-refractivity contribution in [2.45, 2.75) is 55.1 Å². The zero-order valence-corrected chi connectivity index (χ0v) is 23.6. The summed E-state index contributed by atoms with van der Waals surface area (Å²) in [5.74, 6) is 0.0450. The number of benzene rings is 2. The van der Waals surface area contributed by atoms with E-state index in [9.17, 15) is 22.8 Å². The number of nitrogens with zero attached hydrogens (tertiary/aromatic N) is 2. The van der Waals surface area contributed by atoms with Gasteiger partial charge in [0.1, 0.15) is 5.54 Å². The Morgan fingerprint density at radius 3 is 2.28 bits per heavy atom. The van der Waals surface area contributed by atoms with Gasteiger partial charge in [-0.15, -0.1) is 12.4 Å². The average Bonchev–Trinajstić information content (AvgIpc) is 3.73. The maximum atomic E-state index is 13.4. The fourth-order valence-electron chi connectivity index (χ4n) is 5.30. The van der Waals surface area contributed by atoms with Crippen molar-refractivity contribution >= 4 is 40.1 Å². The van der Waals surface area contributed by atoms with Gasteiger partial charge in [0.25, 0.3) is 5.91 Å². The molecule has 2 aromatic rings. The number of imide groups is 1. The van der Waals surface area contributed by atoms with Crippen molar-refractivity contribution in [3.05, 3.63) is 65.7 Å². The van der Waals surface area contributed by atoms with Gasteiger partial charge in [-0.2, -0.15) is 0 Å². The predicted octanol–water partition coefficient (Wildman–Crippen LogP) is 3.06. The van der Waals surface area contributed by atoms with E-state index in [1.165, 1.54) is 17.0 Å². The van der Waals surface area contributed by atoms with Gasteiger partial charge >= 0.3 is 6.03 Å². The summed E-state index contributed by atoms with van der Waals surface area (Å²) in [4.78, 5) is 42.3. The van der Waals surface area contributed by atoms with Crippen molar-refractivity contribution in [2.24, 2.45) is 5.92 Å². The molecule has 2 aliphatic heterocycles. The van der Waals surface area contributed by atoms with Crippen LogP contribution in [0.4, 0.5) is 4.79 Å². The third-order valence-electron chi connectivity index (χ3n) is 7.85. The number of hydrogen-bond acceptors (Lipinski definition) is 6. The van der Waals surface area contributed by atoms with Crippen molar-refractivity contribution < 1.29 is 22.8 Å². The van der Waals surface area contributed by atoms with Crippen molar-refractivity contribution in [1.29, 1.82) is 0 Å². The SMILES string of the molecule is CS(=O)(=O)c1ccc(CN2C(=O)NC3(CCN(CC[C@H](NC(=O)C4CC4)c4ccccc4)CC3)C2=O)cc1.Cl. The third kappa shape index (κ3) is 6.62. The molecule has 2 heterocycles. The average molecular weight is 575 g/mol. The number of urea groups is 1. The molecule has 1 saturated carbocycles. The van der Waals surface area contributed by atoms with Gasteiger partial charge < -0.3 is 15.5 Å². The van der Waals surface area contributed by atoms with E-state index in [0.29, 0.717) is 31.5 Å². The number of nitrogens with one attached hydrogen (secondary N) is 2. The summed E-state index contributed by atoms with van der Waals surface area (Å²) in [6.07, 6.45) is 4.87. The molecule has 39 heavy (non-hydrogen) atoms. The van der Waals surface area contributed by atoms with Crippen LogP contribution >= 0.6 is 12.4 Å². The standard InChI is InChI=1S/C28H34N4O5S.ClH/c1-38(36,37)23-11-7-20(8-12-23)19-32-26(34)28(30-27(32)35)14-17-31(18-15-28)16-13-24(21-5-3-2-4-6-21)29-25(33)22-9-10-22;/h2-8,11-12,22,24H,9-10,13-19H2,1H3,(H,29,33)(H,30,35);1H/t24-;/m0./s1. The van der Waals surface area contributed by atoms with Gasteiger partial charge in [0.2, 0.25) is 5.91 Å². The van der Waals surface area contributed by atoms with Crippen LogP contribution in [-0.4, -0.2) is 67.5 Å². The minimum absolute atomic E-state index is 0. The zero-order valence-electron chi connectivity index (χ0n) is 22.0. The molecule has 1 aliphatic carbocycles. The van der Waals surface area contributed by atoms with Gasteiger partial charge in [-0.05, 0) is 55.4 Å². The first-order valence-electron chi connectivity index (χ1n) is 13.2. The molecule has 2 saturated heterocycles. The first-order chi connectivity index (χ1) is 18.1. The summed E-state index contributed by atoms with van der Waals surface area (Å²) in [7, 11) is -3.31. The second kappa shape index (κ2) is 11.7. The molecule has 0 bridgehead atoms. The molecule has 3 fully saturated rings. The van der Waals surface area contributed by atoms with E-state index in [1.54, 1.807) is 12.1 Å². The summed E-state index contributed by atoms with van der Waals surface area (Å²) in [5, 5.41) is 6.16. The lowest BCUT2D eigenvalue weighted by Crippen LogP contribution is -2.55. The summed E-state index contributed by atoms with van der Waals surface area (Å²) in [6, 6.07) is 15.8. The summed E-state index contributed by atoms with van der Waals surface area (Å²) in [5.41, 5.74) is 0.878.